The lowest BCUT2D eigenvalue weighted by atomic mass is 9.86. The van der Waals surface area contributed by atoms with E-state index in [0.29, 0.717) is 23.8 Å². The maximum Gasteiger partial charge on any atom is 0.407 e. The summed E-state index contributed by atoms with van der Waals surface area (Å²) in [7, 11) is 0. The minimum atomic E-state index is -0.478. The minimum absolute atomic E-state index is 0.157. The minimum Gasteiger partial charge on any atom is -0.493 e. The van der Waals surface area contributed by atoms with Crippen LogP contribution in [0.5, 0.6) is 5.75 Å². The number of carbonyl (C=O) groups excluding carboxylic acids is 2. The van der Waals surface area contributed by atoms with Crippen molar-refractivity contribution in [3.8, 4) is 5.75 Å². The number of carbonyl (C=O) groups is 2. The van der Waals surface area contributed by atoms with Gasteiger partial charge in [-0.05, 0) is 70.6 Å². The molecular weight excluding hydrogens is 320 g/mol. The highest BCUT2D eigenvalue weighted by Gasteiger charge is 2.25. The van der Waals surface area contributed by atoms with Crippen LogP contribution in [-0.4, -0.2) is 30.3 Å². The van der Waals surface area contributed by atoms with Crippen molar-refractivity contribution >= 4 is 12.0 Å². The van der Waals surface area contributed by atoms with Crippen molar-refractivity contribution in [2.45, 2.75) is 58.1 Å². The van der Waals surface area contributed by atoms with Crippen LogP contribution in [0.4, 0.5) is 4.79 Å². The number of amides is 2. The standard InChI is InChI=1S/C19H28N2O4/c1-19(2,3)25-18(23)21-15-9-7-13(8-10-15)12-24-16-6-4-5-14(11-16)17(20)22/h4-6,11,13,15H,7-10,12H2,1-3H3,(H2,20,22)(H,21,23). The van der Waals surface area contributed by atoms with E-state index in [2.05, 4.69) is 5.32 Å². The molecule has 1 aliphatic rings. The molecule has 0 heterocycles. The molecule has 1 aliphatic carbocycles. The highest BCUT2D eigenvalue weighted by Crippen LogP contribution is 2.26. The Bertz CT molecular complexity index is 602. The molecule has 6 nitrogen and oxygen atoms in total. The smallest absolute Gasteiger partial charge is 0.407 e. The molecule has 6 heteroatoms. The summed E-state index contributed by atoms with van der Waals surface area (Å²) in [6.07, 6.45) is 3.44. The number of nitrogens with one attached hydrogen (secondary N) is 1. The maximum atomic E-state index is 11.8. The van der Waals surface area contributed by atoms with Gasteiger partial charge in [0.1, 0.15) is 11.4 Å². The average molecular weight is 348 g/mol. The molecule has 1 fully saturated rings. The first kappa shape index (κ1) is 19.1. The van der Waals surface area contributed by atoms with E-state index in [1.54, 1.807) is 18.2 Å². The van der Waals surface area contributed by atoms with Gasteiger partial charge in [0, 0.05) is 11.6 Å². The van der Waals surface area contributed by atoms with E-state index in [1.165, 1.54) is 0 Å². The lowest BCUT2D eigenvalue weighted by molar-refractivity contribution is 0.0483. The van der Waals surface area contributed by atoms with Gasteiger partial charge >= 0.3 is 6.09 Å². The summed E-state index contributed by atoms with van der Waals surface area (Å²) in [5.41, 5.74) is 5.25. The number of hydrogen-bond donors (Lipinski definition) is 2. The van der Waals surface area contributed by atoms with Crippen LogP contribution in [0.25, 0.3) is 0 Å². The molecule has 0 bridgehead atoms. The fourth-order valence-corrected chi connectivity index (χ4v) is 2.90. The van der Waals surface area contributed by atoms with Crippen LogP contribution >= 0.6 is 0 Å². The van der Waals surface area contributed by atoms with Crippen LogP contribution in [0, 0.1) is 5.92 Å². The summed E-state index contributed by atoms with van der Waals surface area (Å²) in [4.78, 5) is 23.0. The third-order valence-corrected chi connectivity index (χ3v) is 4.17. The molecule has 1 aromatic rings. The number of benzene rings is 1. The summed E-state index contributed by atoms with van der Waals surface area (Å²) in [5.74, 6) is 0.637. The molecule has 1 aromatic carbocycles. The van der Waals surface area contributed by atoms with Gasteiger partial charge in [0.05, 0.1) is 6.61 Å². The lowest BCUT2D eigenvalue weighted by Crippen LogP contribution is -2.41. The van der Waals surface area contributed by atoms with Crippen LogP contribution in [-0.2, 0) is 4.74 Å². The molecule has 0 unspecified atom stereocenters. The van der Waals surface area contributed by atoms with Gasteiger partial charge in [-0.2, -0.15) is 0 Å². The predicted molar refractivity (Wildman–Crippen MR) is 95.6 cm³/mol. The van der Waals surface area contributed by atoms with Crippen LogP contribution in [0.15, 0.2) is 24.3 Å². The van der Waals surface area contributed by atoms with E-state index >= 15 is 0 Å². The fraction of sp³-hybridized carbons (Fsp3) is 0.579. The van der Waals surface area contributed by atoms with Gasteiger partial charge < -0.3 is 20.5 Å². The first-order valence-corrected chi connectivity index (χ1v) is 8.75. The van der Waals surface area contributed by atoms with Gasteiger partial charge in [-0.25, -0.2) is 4.79 Å². The monoisotopic (exact) mass is 348 g/mol. The molecule has 3 N–H and O–H groups in total. The van der Waals surface area contributed by atoms with Crippen molar-refractivity contribution in [1.29, 1.82) is 0 Å². The highest BCUT2D eigenvalue weighted by atomic mass is 16.6. The van der Waals surface area contributed by atoms with Gasteiger partial charge in [-0.3, -0.25) is 4.79 Å². The molecule has 1 saturated carbocycles. The second-order valence-electron chi connectivity index (χ2n) is 7.57. The number of primary amides is 1. The van der Waals surface area contributed by atoms with Crippen molar-refractivity contribution in [1.82, 2.24) is 5.32 Å². The normalized spacial score (nSPS) is 20.6. The van der Waals surface area contributed by atoms with Crippen LogP contribution < -0.4 is 15.8 Å². The average Bonchev–Trinajstić information content (AvgIpc) is 2.52. The molecule has 25 heavy (non-hydrogen) atoms. The van der Waals surface area contributed by atoms with Gasteiger partial charge in [0.25, 0.3) is 0 Å². The predicted octanol–water partition coefficient (Wildman–Crippen LogP) is 3.25. The zero-order valence-electron chi connectivity index (χ0n) is 15.2. The third kappa shape index (κ3) is 6.64. The Kier molecular flexibility index (Phi) is 6.28. The van der Waals surface area contributed by atoms with E-state index in [9.17, 15) is 9.59 Å². The topological polar surface area (TPSA) is 90.7 Å². The SMILES string of the molecule is CC(C)(C)OC(=O)NC1CCC(COc2cccc(C(N)=O)c2)CC1. The summed E-state index contributed by atoms with van der Waals surface area (Å²) >= 11 is 0. The molecule has 0 aromatic heterocycles. The summed E-state index contributed by atoms with van der Waals surface area (Å²) in [6.45, 7) is 6.16. The van der Waals surface area contributed by atoms with E-state index < -0.39 is 11.5 Å². The third-order valence-electron chi connectivity index (χ3n) is 4.17. The molecule has 0 aliphatic heterocycles. The molecule has 2 amide bonds. The molecule has 138 valence electrons. The van der Waals surface area contributed by atoms with Crippen molar-refractivity contribution in [3.05, 3.63) is 29.8 Å². The Balaban J connectivity index is 1.73. The first-order chi connectivity index (χ1) is 11.7. The number of nitrogens with two attached hydrogens (primary N) is 1. The van der Waals surface area contributed by atoms with Gasteiger partial charge in [-0.1, -0.05) is 6.07 Å². The fourth-order valence-electron chi connectivity index (χ4n) is 2.90. The number of rotatable bonds is 5. The van der Waals surface area contributed by atoms with E-state index in [4.69, 9.17) is 15.2 Å². The van der Waals surface area contributed by atoms with Crippen LogP contribution in [0.1, 0.15) is 56.8 Å². The lowest BCUT2D eigenvalue weighted by Gasteiger charge is -2.30. The molecule has 0 atom stereocenters. The van der Waals surface area contributed by atoms with E-state index in [-0.39, 0.29) is 12.1 Å². The van der Waals surface area contributed by atoms with Crippen LogP contribution in [0.2, 0.25) is 0 Å². The summed E-state index contributed by atoms with van der Waals surface area (Å²) in [5, 5.41) is 2.94. The molecule has 0 spiro atoms. The maximum absolute atomic E-state index is 11.8. The van der Waals surface area contributed by atoms with Crippen LogP contribution in [0.3, 0.4) is 0 Å². The summed E-state index contributed by atoms with van der Waals surface area (Å²) in [6, 6.07) is 7.07. The highest BCUT2D eigenvalue weighted by molar-refractivity contribution is 5.93. The van der Waals surface area contributed by atoms with E-state index in [0.717, 1.165) is 25.7 Å². The Labute approximate surface area is 149 Å². The second kappa shape index (κ2) is 8.23. The first-order valence-electron chi connectivity index (χ1n) is 8.75. The Morgan fingerprint density at radius 1 is 1.20 bits per heavy atom. The Morgan fingerprint density at radius 2 is 1.88 bits per heavy atom. The van der Waals surface area contributed by atoms with Crippen molar-refractivity contribution in [2.24, 2.45) is 11.7 Å². The van der Waals surface area contributed by atoms with Crippen molar-refractivity contribution in [3.63, 3.8) is 0 Å². The molecule has 0 radical (unpaired) electrons. The Morgan fingerprint density at radius 3 is 2.48 bits per heavy atom. The molecule has 2 rings (SSSR count). The van der Waals surface area contributed by atoms with Gasteiger partial charge in [0.2, 0.25) is 5.91 Å². The zero-order chi connectivity index (χ0) is 18.4. The largest absolute Gasteiger partial charge is 0.493 e. The van der Waals surface area contributed by atoms with Gasteiger partial charge in [0.15, 0.2) is 0 Å². The number of ether oxygens (including phenoxy) is 2. The summed E-state index contributed by atoms with van der Waals surface area (Å²) < 4.78 is 11.1. The quantitative estimate of drug-likeness (QED) is 0.854. The molecule has 0 saturated heterocycles. The van der Waals surface area contributed by atoms with Crippen molar-refractivity contribution < 1.29 is 19.1 Å². The molecular formula is C19H28N2O4. The number of hydrogen-bond acceptors (Lipinski definition) is 4. The van der Waals surface area contributed by atoms with Crippen molar-refractivity contribution in [2.75, 3.05) is 6.61 Å². The number of alkyl carbamates (subject to hydrolysis) is 1. The Hall–Kier alpha value is -2.24. The zero-order valence-corrected chi connectivity index (χ0v) is 15.2. The van der Waals surface area contributed by atoms with Gasteiger partial charge in [-0.15, -0.1) is 0 Å². The second-order valence-corrected chi connectivity index (χ2v) is 7.57. The van der Waals surface area contributed by atoms with E-state index in [1.807, 2.05) is 26.8 Å².